The third-order valence-corrected chi connectivity index (χ3v) is 4.25. The molecule has 0 unspecified atom stereocenters. The molecule has 3 aromatic carbocycles. The van der Waals surface area contributed by atoms with Crippen molar-refractivity contribution in [1.82, 2.24) is 0 Å². The predicted octanol–water partition coefficient (Wildman–Crippen LogP) is 5.69. The summed E-state index contributed by atoms with van der Waals surface area (Å²) in [6, 6.07) is 18.0. The standard InChI is InChI=1S/C20H13ClO4/c1-23-20(22)14-7-3-2-6-12(14)13-8-4-10-16-18(13)25-19-15(21)9-5-11-17(19)24-16/h2-11H,1H3. The molecule has 1 aliphatic rings. The number of rotatable bonds is 2. The second kappa shape index (κ2) is 6.15. The van der Waals surface area contributed by atoms with E-state index in [-0.39, 0.29) is 0 Å². The topological polar surface area (TPSA) is 44.8 Å². The third-order valence-electron chi connectivity index (χ3n) is 3.96. The molecule has 0 amide bonds. The zero-order valence-corrected chi connectivity index (χ0v) is 14.0. The molecule has 0 N–H and O–H groups in total. The number of ether oxygens (including phenoxy) is 3. The number of para-hydroxylation sites is 2. The van der Waals surface area contributed by atoms with Crippen molar-refractivity contribution >= 4 is 17.6 Å². The van der Waals surface area contributed by atoms with E-state index in [1.165, 1.54) is 7.11 Å². The lowest BCUT2D eigenvalue weighted by Gasteiger charge is -2.23. The first-order valence-corrected chi connectivity index (χ1v) is 8.02. The smallest absolute Gasteiger partial charge is 0.338 e. The number of carbonyl (C=O) groups excluding carboxylic acids is 1. The molecular formula is C20H13ClO4. The number of fused-ring (bicyclic) bond motifs is 2. The van der Waals surface area contributed by atoms with Crippen LogP contribution < -0.4 is 9.47 Å². The van der Waals surface area contributed by atoms with Crippen molar-refractivity contribution in [2.24, 2.45) is 0 Å². The van der Waals surface area contributed by atoms with Gasteiger partial charge < -0.3 is 14.2 Å². The van der Waals surface area contributed by atoms with Crippen molar-refractivity contribution < 1.29 is 19.0 Å². The lowest BCUT2D eigenvalue weighted by Crippen LogP contribution is -2.05. The van der Waals surface area contributed by atoms with Crippen LogP contribution in [0.4, 0.5) is 0 Å². The highest BCUT2D eigenvalue weighted by atomic mass is 35.5. The van der Waals surface area contributed by atoms with Crippen LogP contribution in [-0.2, 0) is 4.74 Å². The minimum atomic E-state index is -0.414. The molecule has 25 heavy (non-hydrogen) atoms. The molecule has 0 aromatic heterocycles. The zero-order chi connectivity index (χ0) is 17.4. The van der Waals surface area contributed by atoms with E-state index in [0.717, 1.165) is 5.56 Å². The molecular weight excluding hydrogens is 340 g/mol. The average Bonchev–Trinajstić information content (AvgIpc) is 2.66. The number of hydrogen-bond acceptors (Lipinski definition) is 4. The van der Waals surface area contributed by atoms with Gasteiger partial charge in [-0.2, -0.15) is 0 Å². The van der Waals surface area contributed by atoms with Crippen LogP contribution in [0.5, 0.6) is 23.0 Å². The van der Waals surface area contributed by atoms with Gasteiger partial charge >= 0.3 is 5.97 Å². The lowest BCUT2D eigenvalue weighted by atomic mass is 9.98. The molecule has 4 rings (SSSR count). The molecule has 0 aliphatic carbocycles. The first-order chi connectivity index (χ1) is 12.2. The Morgan fingerprint density at radius 2 is 1.52 bits per heavy atom. The number of benzene rings is 3. The van der Waals surface area contributed by atoms with Gasteiger partial charge in [-0.15, -0.1) is 0 Å². The van der Waals surface area contributed by atoms with Crippen LogP contribution in [0.15, 0.2) is 60.7 Å². The van der Waals surface area contributed by atoms with Gasteiger partial charge in [0, 0.05) is 11.1 Å². The van der Waals surface area contributed by atoms with E-state index in [1.807, 2.05) is 30.3 Å². The minimum absolute atomic E-state index is 0.414. The Morgan fingerprint density at radius 1 is 0.840 bits per heavy atom. The van der Waals surface area contributed by atoms with E-state index < -0.39 is 5.97 Å². The molecule has 124 valence electrons. The Bertz CT molecular complexity index is 981. The molecule has 3 aromatic rings. The number of carbonyl (C=O) groups is 1. The zero-order valence-electron chi connectivity index (χ0n) is 13.3. The lowest BCUT2D eigenvalue weighted by molar-refractivity contribution is 0.0601. The monoisotopic (exact) mass is 352 g/mol. The Hall–Kier alpha value is -2.98. The van der Waals surface area contributed by atoms with Crippen LogP contribution >= 0.6 is 11.6 Å². The summed E-state index contributed by atoms with van der Waals surface area (Å²) in [7, 11) is 1.36. The largest absolute Gasteiger partial charge is 0.465 e. The van der Waals surface area contributed by atoms with E-state index in [2.05, 4.69) is 0 Å². The summed E-state index contributed by atoms with van der Waals surface area (Å²) in [5, 5.41) is 0.458. The molecule has 0 bridgehead atoms. The van der Waals surface area contributed by atoms with E-state index in [4.69, 9.17) is 25.8 Å². The summed E-state index contributed by atoms with van der Waals surface area (Å²) < 4.78 is 16.9. The average molecular weight is 353 g/mol. The van der Waals surface area contributed by atoms with Crippen LogP contribution in [0.3, 0.4) is 0 Å². The highest BCUT2D eigenvalue weighted by Gasteiger charge is 2.25. The van der Waals surface area contributed by atoms with E-state index in [9.17, 15) is 4.79 Å². The van der Waals surface area contributed by atoms with Gasteiger partial charge in [0.2, 0.25) is 0 Å². The molecule has 4 nitrogen and oxygen atoms in total. The van der Waals surface area contributed by atoms with Crippen LogP contribution in [-0.4, -0.2) is 13.1 Å². The predicted molar refractivity (Wildman–Crippen MR) is 94.8 cm³/mol. The van der Waals surface area contributed by atoms with Crippen LogP contribution in [0, 0.1) is 0 Å². The first kappa shape index (κ1) is 15.5. The number of halogens is 1. The molecule has 0 fully saturated rings. The fourth-order valence-electron chi connectivity index (χ4n) is 2.81. The van der Waals surface area contributed by atoms with Crippen molar-refractivity contribution in [2.45, 2.75) is 0 Å². The number of methoxy groups -OCH3 is 1. The summed E-state index contributed by atoms with van der Waals surface area (Å²) >= 11 is 6.23. The van der Waals surface area contributed by atoms with Crippen LogP contribution in [0.25, 0.3) is 11.1 Å². The van der Waals surface area contributed by atoms with E-state index in [0.29, 0.717) is 39.1 Å². The number of hydrogen-bond donors (Lipinski definition) is 0. The van der Waals surface area contributed by atoms with Gasteiger partial charge in [0.1, 0.15) is 0 Å². The molecule has 0 atom stereocenters. The second-order valence-electron chi connectivity index (χ2n) is 5.44. The van der Waals surface area contributed by atoms with Crippen molar-refractivity contribution in [2.75, 3.05) is 7.11 Å². The van der Waals surface area contributed by atoms with Crippen molar-refractivity contribution in [3.8, 4) is 34.1 Å². The molecule has 1 aliphatic heterocycles. The second-order valence-corrected chi connectivity index (χ2v) is 5.85. The maximum Gasteiger partial charge on any atom is 0.338 e. The van der Waals surface area contributed by atoms with E-state index >= 15 is 0 Å². The molecule has 0 saturated heterocycles. The van der Waals surface area contributed by atoms with Gasteiger partial charge in [-0.25, -0.2) is 4.79 Å². The third kappa shape index (κ3) is 2.61. The van der Waals surface area contributed by atoms with E-state index in [1.54, 1.807) is 30.3 Å². The highest BCUT2D eigenvalue weighted by Crippen LogP contribution is 2.52. The Morgan fingerprint density at radius 3 is 2.32 bits per heavy atom. The molecule has 0 radical (unpaired) electrons. The Balaban J connectivity index is 1.89. The highest BCUT2D eigenvalue weighted by molar-refractivity contribution is 6.32. The van der Waals surface area contributed by atoms with Gasteiger partial charge in [-0.3, -0.25) is 0 Å². The van der Waals surface area contributed by atoms with Gasteiger partial charge in [0.15, 0.2) is 23.0 Å². The Labute approximate surface area is 149 Å². The van der Waals surface area contributed by atoms with Gasteiger partial charge in [0.05, 0.1) is 17.7 Å². The van der Waals surface area contributed by atoms with Crippen molar-refractivity contribution in [3.05, 3.63) is 71.2 Å². The van der Waals surface area contributed by atoms with Crippen molar-refractivity contribution in [3.63, 3.8) is 0 Å². The summed E-state index contributed by atoms with van der Waals surface area (Å²) in [6.07, 6.45) is 0. The summed E-state index contributed by atoms with van der Waals surface area (Å²) in [5.41, 5.74) is 1.88. The Kier molecular flexibility index (Phi) is 3.82. The normalized spacial score (nSPS) is 11.6. The summed E-state index contributed by atoms with van der Waals surface area (Å²) in [6.45, 7) is 0. The van der Waals surface area contributed by atoms with Crippen molar-refractivity contribution in [1.29, 1.82) is 0 Å². The molecule has 1 heterocycles. The van der Waals surface area contributed by atoms with Crippen LogP contribution in [0.1, 0.15) is 10.4 Å². The SMILES string of the molecule is COC(=O)c1ccccc1-c1cccc2c1Oc1c(Cl)cccc1O2. The molecule has 5 heteroatoms. The maximum absolute atomic E-state index is 12.1. The minimum Gasteiger partial charge on any atom is -0.465 e. The van der Waals surface area contributed by atoms with Crippen LogP contribution in [0.2, 0.25) is 5.02 Å². The fourth-order valence-corrected chi connectivity index (χ4v) is 3.01. The maximum atomic E-state index is 12.1. The first-order valence-electron chi connectivity index (χ1n) is 7.64. The molecule has 0 saturated carbocycles. The summed E-state index contributed by atoms with van der Waals surface area (Å²) in [5.74, 6) is 1.67. The van der Waals surface area contributed by atoms with Gasteiger partial charge in [0.25, 0.3) is 0 Å². The van der Waals surface area contributed by atoms with Gasteiger partial charge in [-0.1, -0.05) is 48.0 Å². The quantitative estimate of drug-likeness (QED) is 0.434. The number of esters is 1. The summed E-state index contributed by atoms with van der Waals surface area (Å²) in [4.78, 5) is 12.1. The fraction of sp³-hybridized carbons (Fsp3) is 0.0500. The molecule has 0 spiro atoms. The van der Waals surface area contributed by atoms with Gasteiger partial charge in [-0.05, 0) is 24.3 Å².